The number of ether oxygens (including phenoxy) is 1. The van der Waals surface area contributed by atoms with Crippen LogP contribution in [0.1, 0.15) is 41.1 Å². The lowest BCUT2D eigenvalue weighted by Gasteiger charge is -2.16. The molecule has 2 N–H and O–H groups in total. The first-order chi connectivity index (χ1) is 10.4. The number of carbonyl (C=O) groups is 3. The van der Waals surface area contributed by atoms with Crippen molar-refractivity contribution in [3.8, 4) is 0 Å². The van der Waals surface area contributed by atoms with Gasteiger partial charge >= 0.3 is 18.0 Å². The number of esters is 1. The van der Waals surface area contributed by atoms with E-state index in [0.29, 0.717) is 16.5 Å². The lowest BCUT2D eigenvalue weighted by atomic mass is 10.1. The van der Waals surface area contributed by atoms with Gasteiger partial charge in [-0.1, -0.05) is 0 Å². The van der Waals surface area contributed by atoms with Crippen LogP contribution in [0, 0.1) is 0 Å². The summed E-state index contributed by atoms with van der Waals surface area (Å²) in [6.07, 6.45) is 1.94. The third-order valence-corrected chi connectivity index (χ3v) is 4.37. The fourth-order valence-corrected chi connectivity index (χ4v) is 3.05. The Morgan fingerprint density at radius 3 is 2.68 bits per heavy atom. The molecule has 1 saturated carbocycles. The quantitative estimate of drug-likeness (QED) is 0.782. The van der Waals surface area contributed by atoms with Gasteiger partial charge in [-0.05, 0) is 29.7 Å². The van der Waals surface area contributed by atoms with Crippen molar-refractivity contribution in [2.75, 3.05) is 26.0 Å². The summed E-state index contributed by atoms with van der Waals surface area (Å²) in [7, 11) is 2.81. The maximum absolute atomic E-state index is 12.1. The van der Waals surface area contributed by atoms with Gasteiger partial charge in [0.05, 0.1) is 19.1 Å². The maximum Gasteiger partial charge on any atom is 0.341 e. The highest BCUT2D eigenvalue weighted by Gasteiger charge is 2.32. The van der Waals surface area contributed by atoms with Gasteiger partial charge in [-0.2, -0.15) is 0 Å². The summed E-state index contributed by atoms with van der Waals surface area (Å²) in [5.74, 6) is -1.07. The largest absolute Gasteiger partial charge is 0.481 e. The van der Waals surface area contributed by atoms with Gasteiger partial charge in [0.15, 0.2) is 0 Å². The number of rotatable bonds is 6. The third kappa shape index (κ3) is 3.76. The van der Waals surface area contributed by atoms with Crippen LogP contribution < -0.4 is 5.32 Å². The summed E-state index contributed by atoms with van der Waals surface area (Å²) in [5.41, 5.74) is 1.33. The van der Waals surface area contributed by atoms with E-state index in [1.807, 2.05) is 5.38 Å². The van der Waals surface area contributed by atoms with E-state index in [2.05, 4.69) is 5.32 Å². The van der Waals surface area contributed by atoms with E-state index in [9.17, 15) is 14.4 Å². The summed E-state index contributed by atoms with van der Waals surface area (Å²) in [5, 5.41) is 13.6. The first kappa shape index (κ1) is 16.3. The van der Waals surface area contributed by atoms with Crippen LogP contribution in [0.25, 0.3) is 0 Å². The number of thiophene rings is 1. The normalized spacial score (nSPS) is 13.5. The smallest absolute Gasteiger partial charge is 0.341 e. The number of amides is 2. The molecule has 0 atom stereocenters. The Balaban J connectivity index is 2.10. The van der Waals surface area contributed by atoms with E-state index in [-0.39, 0.29) is 13.0 Å². The average Bonchev–Trinajstić information content (AvgIpc) is 3.25. The second-order valence-electron chi connectivity index (χ2n) is 5.16. The number of methoxy groups -OCH3 is 1. The standard InChI is InChI=1S/C14H18N2O5S/c1-16(6-5-10(17)18)14(20)15-12-11(13(19)21-2)9(7-22-12)8-3-4-8/h7-8H,3-6H2,1-2H3,(H,15,20)(H,17,18). The number of carboxylic acids is 1. The maximum atomic E-state index is 12.1. The molecule has 120 valence electrons. The molecule has 1 fully saturated rings. The molecule has 22 heavy (non-hydrogen) atoms. The van der Waals surface area contributed by atoms with Crippen LogP contribution in [0.5, 0.6) is 0 Å². The zero-order chi connectivity index (χ0) is 16.3. The Kier molecular flexibility index (Phi) is 5.02. The molecule has 1 aromatic rings. The highest BCUT2D eigenvalue weighted by molar-refractivity contribution is 7.15. The summed E-state index contributed by atoms with van der Waals surface area (Å²) >= 11 is 1.28. The second kappa shape index (κ2) is 6.78. The lowest BCUT2D eigenvalue weighted by Crippen LogP contribution is -2.33. The predicted molar refractivity (Wildman–Crippen MR) is 81.5 cm³/mol. The van der Waals surface area contributed by atoms with E-state index in [4.69, 9.17) is 9.84 Å². The number of hydrogen-bond donors (Lipinski definition) is 2. The van der Waals surface area contributed by atoms with Crippen molar-refractivity contribution in [2.45, 2.75) is 25.2 Å². The minimum absolute atomic E-state index is 0.0928. The summed E-state index contributed by atoms with van der Waals surface area (Å²) < 4.78 is 4.80. The van der Waals surface area contributed by atoms with Crippen molar-refractivity contribution in [3.05, 3.63) is 16.5 Å². The molecule has 0 spiro atoms. The van der Waals surface area contributed by atoms with Crippen LogP contribution >= 0.6 is 11.3 Å². The first-order valence-electron chi connectivity index (χ1n) is 6.87. The molecule has 1 aliphatic rings. The number of aliphatic carboxylic acids is 1. The van der Waals surface area contributed by atoms with E-state index in [1.54, 1.807) is 0 Å². The first-order valence-corrected chi connectivity index (χ1v) is 7.75. The SMILES string of the molecule is COC(=O)c1c(C2CC2)csc1NC(=O)N(C)CCC(=O)O. The molecule has 0 aliphatic heterocycles. The van der Waals surface area contributed by atoms with Crippen molar-refractivity contribution in [3.63, 3.8) is 0 Å². The van der Waals surface area contributed by atoms with Crippen LogP contribution in [0.2, 0.25) is 0 Å². The van der Waals surface area contributed by atoms with Crippen LogP contribution in [0.3, 0.4) is 0 Å². The number of nitrogens with one attached hydrogen (secondary N) is 1. The van der Waals surface area contributed by atoms with Gasteiger partial charge in [-0.15, -0.1) is 11.3 Å². The molecule has 8 heteroatoms. The molecular weight excluding hydrogens is 308 g/mol. The molecule has 2 rings (SSSR count). The number of nitrogens with zero attached hydrogens (tertiary/aromatic N) is 1. The molecule has 1 aliphatic carbocycles. The molecule has 0 bridgehead atoms. The van der Waals surface area contributed by atoms with Crippen molar-refractivity contribution in [1.29, 1.82) is 0 Å². The van der Waals surface area contributed by atoms with Gasteiger partial charge in [-0.25, -0.2) is 9.59 Å². The zero-order valence-electron chi connectivity index (χ0n) is 12.4. The number of urea groups is 1. The Bertz CT molecular complexity index is 594. The van der Waals surface area contributed by atoms with Crippen molar-refractivity contribution >= 4 is 34.3 Å². The van der Waals surface area contributed by atoms with Crippen molar-refractivity contribution in [1.82, 2.24) is 4.90 Å². The highest BCUT2D eigenvalue weighted by atomic mass is 32.1. The van der Waals surface area contributed by atoms with Gasteiger partial charge in [0, 0.05) is 13.6 Å². The minimum Gasteiger partial charge on any atom is -0.481 e. The predicted octanol–water partition coefficient (Wildman–Crippen LogP) is 2.35. The summed E-state index contributed by atoms with van der Waals surface area (Å²) in [6, 6.07) is -0.449. The van der Waals surface area contributed by atoms with Gasteiger partial charge < -0.3 is 14.7 Å². The van der Waals surface area contributed by atoms with Crippen molar-refractivity contribution in [2.24, 2.45) is 0 Å². The summed E-state index contributed by atoms with van der Waals surface area (Å²) in [4.78, 5) is 35.8. The lowest BCUT2D eigenvalue weighted by molar-refractivity contribution is -0.137. The monoisotopic (exact) mass is 326 g/mol. The molecule has 0 radical (unpaired) electrons. The van der Waals surface area contributed by atoms with Crippen LogP contribution in [-0.2, 0) is 9.53 Å². The third-order valence-electron chi connectivity index (χ3n) is 3.45. The molecular formula is C14H18N2O5S. The molecule has 1 aromatic heterocycles. The van der Waals surface area contributed by atoms with Crippen molar-refractivity contribution < 1.29 is 24.2 Å². The summed E-state index contributed by atoms with van der Waals surface area (Å²) in [6.45, 7) is 0.0928. The van der Waals surface area contributed by atoms with Gasteiger partial charge in [-0.3, -0.25) is 10.1 Å². The van der Waals surface area contributed by atoms with E-state index in [0.717, 1.165) is 18.4 Å². The molecule has 7 nitrogen and oxygen atoms in total. The molecule has 0 unspecified atom stereocenters. The molecule has 0 aromatic carbocycles. The Morgan fingerprint density at radius 1 is 1.45 bits per heavy atom. The van der Waals surface area contributed by atoms with E-state index < -0.39 is 18.0 Å². The Morgan fingerprint density at radius 2 is 2.14 bits per heavy atom. The highest BCUT2D eigenvalue weighted by Crippen LogP contribution is 2.46. The number of carbonyl (C=O) groups excluding carboxylic acids is 2. The topological polar surface area (TPSA) is 95.9 Å². The second-order valence-corrected chi connectivity index (χ2v) is 6.04. The molecule has 1 heterocycles. The van der Waals surface area contributed by atoms with E-state index in [1.165, 1.54) is 30.4 Å². The fraction of sp³-hybridized carbons (Fsp3) is 0.500. The van der Waals surface area contributed by atoms with Gasteiger partial charge in [0.1, 0.15) is 5.00 Å². The average molecular weight is 326 g/mol. The Labute approximate surface area is 131 Å². The van der Waals surface area contributed by atoms with E-state index >= 15 is 0 Å². The minimum atomic E-state index is -0.970. The molecule has 2 amide bonds. The molecule has 0 saturated heterocycles. The van der Waals surface area contributed by atoms with Crippen LogP contribution in [-0.4, -0.2) is 48.7 Å². The van der Waals surface area contributed by atoms with Crippen LogP contribution in [0.4, 0.5) is 9.80 Å². The van der Waals surface area contributed by atoms with Gasteiger partial charge in [0.2, 0.25) is 0 Å². The zero-order valence-corrected chi connectivity index (χ0v) is 13.2. The number of carboxylic acid groups (broad SMARTS) is 1. The fourth-order valence-electron chi connectivity index (χ4n) is 2.03. The van der Waals surface area contributed by atoms with Crippen LogP contribution in [0.15, 0.2) is 5.38 Å². The number of hydrogen-bond acceptors (Lipinski definition) is 5. The Hall–Kier alpha value is -2.09. The number of anilines is 1. The van der Waals surface area contributed by atoms with Gasteiger partial charge in [0.25, 0.3) is 0 Å².